The van der Waals surface area contributed by atoms with E-state index in [2.05, 4.69) is 57.3 Å². The molecule has 1 heteroatoms. The zero-order valence-corrected chi connectivity index (χ0v) is 12.5. The predicted octanol–water partition coefficient (Wildman–Crippen LogP) is 4.86. The molecule has 1 aromatic rings. The van der Waals surface area contributed by atoms with Gasteiger partial charge in [0.25, 0.3) is 0 Å². The minimum Gasteiger partial charge on any atom is -0.310 e. The van der Waals surface area contributed by atoms with E-state index in [1.54, 1.807) is 0 Å². The number of hydrogen-bond donors (Lipinski definition) is 1. The maximum absolute atomic E-state index is 3.71. The lowest BCUT2D eigenvalue weighted by molar-refractivity contribution is 0.371. The average Bonchev–Trinajstić information content (AvgIpc) is 2.39. The summed E-state index contributed by atoms with van der Waals surface area (Å²) >= 11 is 0. The number of aryl methyl sites for hydroxylation is 1. The highest BCUT2D eigenvalue weighted by Crippen LogP contribution is 2.25. The van der Waals surface area contributed by atoms with E-state index in [9.17, 15) is 0 Å². The fraction of sp³-hybridized carbons (Fsp3) is 0.647. The Kier molecular flexibility index (Phi) is 7.04. The fourth-order valence-corrected chi connectivity index (χ4v) is 2.50. The molecule has 0 aliphatic rings. The number of nitrogens with one attached hydrogen (secondary N) is 1. The quantitative estimate of drug-likeness (QED) is 0.691. The molecule has 102 valence electrons. The lowest BCUT2D eigenvalue weighted by Gasteiger charge is -2.24. The highest BCUT2D eigenvalue weighted by molar-refractivity contribution is 5.25. The maximum atomic E-state index is 3.71. The Balaban J connectivity index is 2.76. The second-order valence-electron chi connectivity index (χ2n) is 5.34. The predicted molar refractivity (Wildman–Crippen MR) is 80.9 cm³/mol. The van der Waals surface area contributed by atoms with Gasteiger partial charge in [-0.2, -0.15) is 0 Å². The second-order valence-corrected chi connectivity index (χ2v) is 5.34. The molecule has 0 radical (unpaired) electrons. The van der Waals surface area contributed by atoms with Crippen LogP contribution in [0.4, 0.5) is 0 Å². The summed E-state index contributed by atoms with van der Waals surface area (Å²) in [7, 11) is 0. The summed E-state index contributed by atoms with van der Waals surface area (Å²) < 4.78 is 0. The van der Waals surface area contributed by atoms with Crippen molar-refractivity contribution in [3.05, 3.63) is 35.4 Å². The summed E-state index contributed by atoms with van der Waals surface area (Å²) in [6, 6.07) is 9.48. The third kappa shape index (κ3) is 4.81. The zero-order valence-electron chi connectivity index (χ0n) is 12.5. The molecular formula is C17H29N. The van der Waals surface area contributed by atoms with Crippen molar-refractivity contribution in [2.75, 3.05) is 6.54 Å². The average molecular weight is 247 g/mol. The molecule has 1 aromatic carbocycles. The van der Waals surface area contributed by atoms with Crippen molar-refractivity contribution in [2.24, 2.45) is 5.92 Å². The Hall–Kier alpha value is -0.820. The van der Waals surface area contributed by atoms with Crippen LogP contribution in [0.2, 0.25) is 0 Å². The van der Waals surface area contributed by atoms with E-state index in [4.69, 9.17) is 0 Å². The van der Waals surface area contributed by atoms with Crippen molar-refractivity contribution in [3.63, 3.8) is 0 Å². The molecule has 18 heavy (non-hydrogen) atoms. The molecule has 0 spiro atoms. The van der Waals surface area contributed by atoms with Crippen LogP contribution in [0, 0.1) is 12.8 Å². The van der Waals surface area contributed by atoms with Crippen molar-refractivity contribution < 1.29 is 0 Å². The van der Waals surface area contributed by atoms with Crippen LogP contribution in [-0.2, 0) is 0 Å². The molecule has 0 saturated heterocycles. The van der Waals surface area contributed by atoms with Gasteiger partial charge >= 0.3 is 0 Å². The van der Waals surface area contributed by atoms with E-state index in [1.807, 2.05) is 0 Å². The summed E-state index contributed by atoms with van der Waals surface area (Å²) in [4.78, 5) is 0. The minimum absolute atomic E-state index is 0.523. The topological polar surface area (TPSA) is 12.0 Å². The molecule has 1 nitrogen and oxygen atoms in total. The Morgan fingerprint density at radius 1 is 1.11 bits per heavy atom. The van der Waals surface area contributed by atoms with E-state index >= 15 is 0 Å². The van der Waals surface area contributed by atoms with Crippen LogP contribution in [0.1, 0.15) is 63.6 Å². The molecule has 1 rings (SSSR count). The van der Waals surface area contributed by atoms with Crippen LogP contribution in [0.15, 0.2) is 24.3 Å². The molecule has 0 amide bonds. The van der Waals surface area contributed by atoms with Crippen molar-refractivity contribution >= 4 is 0 Å². The van der Waals surface area contributed by atoms with Crippen LogP contribution in [0.3, 0.4) is 0 Å². The first-order chi connectivity index (χ1) is 8.71. The molecule has 0 aliphatic heterocycles. The number of hydrogen-bond acceptors (Lipinski definition) is 1. The van der Waals surface area contributed by atoms with Gasteiger partial charge in [0.05, 0.1) is 0 Å². The van der Waals surface area contributed by atoms with Crippen LogP contribution in [-0.4, -0.2) is 6.54 Å². The first-order valence-electron chi connectivity index (χ1n) is 7.51. The third-order valence-corrected chi connectivity index (χ3v) is 3.81. The SMILES string of the molecule is CCCNC(CC(CC)CC)c1cccc(C)c1. The van der Waals surface area contributed by atoms with Crippen LogP contribution >= 0.6 is 0 Å². The standard InChI is InChI=1S/C17H29N/c1-5-11-18-17(13-15(6-2)7-3)16-10-8-9-14(4)12-16/h8-10,12,15,17-18H,5-7,11,13H2,1-4H3. The lowest BCUT2D eigenvalue weighted by atomic mass is 9.90. The van der Waals surface area contributed by atoms with Gasteiger partial charge in [-0.3, -0.25) is 0 Å². The first-order valence-corrected chi connectivity index (χ1v) is 7.51. The molecule has 1 N–H and O–H groups in total. The second kappa shape index (κ2) is 8.31. The van der Waals surface area contributed by atoms with Gasteiger partial charge in [-0.25, -0.2) is 0 Å². The monoisotopic (exact) mass is 247 g/mol. The van der Waals surface area contributed by atoms with E-state index in [1.165, 1.54) is 36.8 Å². The summed E-state index contributed by atoms with van der Waals surface area (Å²) in [5.41, 5.74) is 2.82. The van der Waals surface area contributed by atoms with Gasteiger partial charge in [0.2, 0.25) is 0 Å². The van der Waals surface area contributed by atoms with Crippen LogP contribution < -0.4 is 5.32 Å². The summed E-state index contributed by atoms with van der Waals surface area (Å²) in [5, 5.41) is 3.71. The van der Waals surface area contributed by atoms with Crippen molar-refractivity contribution in [1.82, 2.24) is 5.32 Å². The van der Waals surface area contributed by atoms with Crippen LogP contribution in [0.5, 0.6) is 0 Å². The molecule has 0 fully saturated rings. The Morgan fingerprint density at radius 2 is 1.83 bits per heavy atom. The van der Waals surface area contributed by atoms with Crippen molar-refractivity contribution in [1.29, 1.82) is 0 Å². The Morgan fingerprint density at radius 3 is 2.39 bits per heavy atom. The third-order valence-electron chi connectivity index (χ3n) is 3.81. The fourth-order valence-electron chi connectivity index (χ4n) is 2.50. The van der Waals surface area contributed by atoms with E-state index in [-0.39, 0.29) is 0 Å². The van der Waals surface area contributed by atoms with E-state index in [0.29, 0.717) is 6.04 Å². The molecule has 1 atom stereocenters. The Bertz CT molecular complexity index is 328. The summed E-state index contributed by atoms with van der Waals surface area (Å²) in [6.45, 7) is 10.1. The van der Waals surface area contributed by atoms with Crippen molar-refractivity contribution in [2.45, 2.75) is 59.4 Å². The number of rotatable bonds is 8. The van der Waals surface area contributed by atoms with Crippen LogP contribution in [0.25, 0.3) is 0 Å². The molecule has 1 unspecified atom stereocenters. The molecule has 0 aromatic heterocycles. The summed E-state index contributed by atoms with van der Waals surface area (Å²) in [6.07, 6.45) is 5.03. The van der Waals surface area contributed by atoms with Gasteiger partial charge in [0.15, 0.2) is 0 Å². The van der Waals surface area contributed by atoms with Crippen molar-refractivity contribution in [3.8, 4) is 0 Å². The van der Waals surface area contributed by atoms with Gasteiger partial charge in [-0.05, 0) is 37.8 Å². The normalized spacial score (nSPS) is 12.9. The van der Waals surface area contributed by atoms with Gasteiger partial charge in [0.1, 0.15) is 0 Å². The summed E-state index contributed by atoms with van der Waals surface area (Å²) in [5.74, 6) is 0.833. The smallest absolute Gasteiger partial charge is 0.0322 e. The molecule has 0 bridgehead atoms. The first kappa shape index (κ1) is 15.2. The molecular weight excluding hydrogens is 218 g/mol. The van der Waals surface area contributed by atoms with Gasteiger partial charge < -0.3 is 5.32 Å². The van der Waals surface area contributed by atoms with Gasteiger partial charge in [0, 0.05) is 6.04 Å². The number of benzene rings is 1. The largest absolute Gasteiger partial charge is 0.310 e. The molecule has 0 aliphatic carbocycles. The Labute approximate surface area is 113 Å². The highest BCUT2D eigenvalue weighted by Gasteiger charge is 2.15. The lowest BCUT2D eigenvalue weighted by Crippen LogP contribution is -2.24. The van der Waals surface area contributed by atoms with E-state index in [0.717, 1.165) is 12.5 Å². The molecule has 0 saturated carbocycles. The van der Waals surface area contributed by atoms with Gasteiger partial charge in [-0.15, -0.1) is 0 Å². The van der Waals surface area contributed by atoms with Gasteiger partial charge in [-0.1, -0.05) is 63.4 Å². The maximum Gasteiger partial charge on any atom is 0.0322 e. The zero-order chi connectivity index (χ0) is 13.4. The van der Waals surface area contributed by atoms with E-state index < -0.39 is 0 Å². The molecule has 0 heterocycles. The highest BCUT2D eigenvalue weighted by atomic mass is 14.9. The minimum atomic E-state index is 0.523.